The Kier molecular flexibility index (Phi) is 3.34. The summed E-state index contributed by atoms with van der Waals surface area (Å²) in [5.41, 5.74) is -0.776. The van der Waals surface area contributed by atoms with Gasteiger partial charge < -0.3 is 0 Å². The molecule has 2 aliphatic carbocycles. The van der Waals surface area contributed by atoms with Gasteiger partial charge in [0, 0.05) is 6.54 Å². The maximum atomic E-state index is 12.9. The second-order valence-corrected chi connectivity index (χ2v) is 7.56. The van der Waals surface area contributed by atoms with Gasteiger partial charge in [0.15, 0.2) is 0 Å². The number of rotatable bonds is 2. The van der Waals surface area contributed by atoms with Crippen molar-refractivity contribution in [1.29, 1.82) is 0 Å². The van der Waals surface area contributed by atoms with Crippen molar-refractivity contribution in [2.45, 2.75) is 58.8 Å². The molecule has 1 saturated heterocycles. The zero-order chi connectivity index (χ0) is 15.3. The molecule has 0 aromatic carbocycles. The average molecular weight is 292 g/mol. The summed E-state index contributed by atoms with van der Waals surface area (Å²) in [6.45, 7) is 4.75. The van der Waals surface area contributed by atoms with Crippen LogP contribution < -0.4 is 5.32 Å². The summed E-state index contributed by atoms with van der Waals surface area (Å²) in [5.74, 6) is -0.255. The van der Waals surface area contributed by atoms with Gasteiger partial charge in [-0.3, -0.25) is 19.8 Å². The van der Waals surface area contributed by atoms with Gasteiger partial charge in [-0.1, -0.05) is 39.5 Å². The molecule has 1 spiro atoms. The van der Waals surface area contributed by atoms with E-state index in [2.05, 4.69) is 19.2 Å². The van der Waals surface area contributed by atoms with Gasteiger partial charge in [-0.05, 0) is 30.6 Å². The van der Waals surface area contributed by atoms with Gasteiger partial charge in [-0.2, -0.15) is 0 Å². The summed E-state index contributed by atoms with van der Waals surface area (Å²) in [4.78, 5) is 38.6. The minimum Gasteiger partial charge on any atom is -0.277 e. The maximum absolute atomic E-state index is 12.9. The van der Waals surface area contributed by atoms with Crippen LogP contribution in [0.4, 0.5) is 4.79 Å². The zero-order valence-corrected chi connectivity index (χ0v) is 12.9. The van der Waals surface area contributed by atoms with Crippen LogP contribution in [-0.2, 0) is 9.59 Å². The Balaban J connectivity index is 1.82. The Hall–Kier alpha value is -1.39. The Bertz CT molecular complexity index is 490. The maximum Gasteiger partial charge on any atom is 0.330 e. The number of nitrogens with one attached hydrogen (secondary N) is 1. The number of amides is 4. The third-order valence-electron chi connectivity index (χ3n) is 5.63. The molecule has 3 aliphatic rings. The fourth-order valence-corrected chi connectivity index (χ4v) is 3.78. The molecule has 116 valence electrons. The van der Waals surface area contributed by atoms with E-state index in [1.807, 2.05) is 0 Å². The van der Waals surface area contributed by atoms with Crippen molar-refractivity contribution in [3.05, 3.63) is 0 Å². The molecule has 1 N–H and O–H groups in total. The van der Waals surface area contributed by atoms with E-state index < -0.39 is 11.4 Å². The van der Waals surface area contributed by atoms with Crippen LogP contribution in [0.15, 0.2) is 0 Å². The molecule has 1 aliphatic heterocycles. The number of hydrogen-bond donors (Lipinski definition) is 1. The van der Waals surface area contributed by atoms with E-state index in [0.717, 1.165) is 32.1 Å². The second-order valence-electron chi connectivity index (χ2n) is 7.56. The van der Waals surface area contributed by atoms with E-state index in [1.54, 1.807) is 0 Å². The fraction of sp³-hybridized carbons (Fsp3) is 0.812. The number of carbonyl (C=O) groups is 3. The highest BCUT2D eigenvalue weighted by atomic mass is 16.2. The third kappa shape index (κ3) is 2.36. The van der Waals surface area contributed by atoms with Crippen molar-refractivity contribution in [2.24, 2.45) is 16.7 Å². The van der Waals surface area contributed by atoms with Crippen LogP contribution in [0.25, 0.3) is 0 Å². The number of nitrogens with zero attached hydrogens (tertiary/aromatic N) is 1. The molecule has 2 saturated carbocycles. The first-order valence-electron chi connectivity index (χ1n) is 8.04. The standard InChI is InChI=1S/C16H24N2O3/c1-15(2)9-11(15)10-18-13(20)16(12(19)17-14(18)21)7-5-3-4-6-8-16/h11H,3-10H2,1-2H3,(H,17,19,21). The smallest absolute Gasteiger partial charge is 0.277 e. The second kappa shape index (κ2) is 4.82. The summed E-state index contributed by atoms with van der Waals surface area (Å²) in [6, 6.07) is -0.525. The van der Waals surface area contributed by atoms with Gasteiger partial charge in [0.2, 0.25) is 11.8 Å². The highest BCUT2D eigenvalue weighted by Crippen LogP contribution is 2.52. The monoisotopic (exact) mass is 292 g/mol. The van der Waals surface area contributed by atoms with Crippen LogP contribution in [0.2, 0.25) is 0 Å². The van der Waals surface area contributed by atoms with Gasteiger partial charge >= 0.3 is 6.03 Å². The molecule has 0 radical (unpaired) electrons. The molecule has 0 aromatic heterocycles. The fourth-order valence-electron chi connectivity index (χ4n) is 3.78. The number of barbiturate groups is 1. The van der Waals surface area contributed by atoms with Crippen molar-refractivity contribution >= 4 is 17.8 Å². The molecule has 3 rings (SSSR count). The van der Waals surface area contributed by atoms with Gasteiger partial charge in [0.25, 0.3) is 0 Å². The largest absolute Gasteiger partial charge is 0.330 e. The van der Waals surface area contributed by atoms with Crippen LogP contribution >= 0.6 is 0 Å². The van der Waals surface area contributed by atoms with Crippen LogP contribution in [0.1, 0.15) is 58.8 Å². The number of carbonyl (C=O) groups excluding carboxylic acids is 3. The molecule has 1 heterocycles. The van der Waals surface area contributed by atoms with E-state index in [9.17, 15) is 14.4 Å². The van der Waals surface area contributed by atoms with Crippen molar-refractivity contribution in [3.8, 4) is 0 Å². The predicted octanol–water partition coefficient (Wildman–Crippen LogP) is 2.45. The first-order valence-corrected chi connectivity index (χ1v) is 8.04. The first kappa shape index (κ1) is 14.5. The van der Waals surface area contributed by atoms with Gasteiger partial charge in [-0.25, -0.2) is 4.79 Å². The molecule has 21 heavy (non-hydrogen) atoms. The van der Waals surface area contributed by atoms with E-state index >= 15 is 0 Å². The lowest BCUT2D eigenvalue weighted by Crippen LogP contribution is -2.64. The molecule has 3 fully saturated rings. The normalized spacial score (nSPS) is 31.0. The summed E-state index contributed by atoms with van der Waals surface area (Å²) >= 11 is 0. The van der Waals surface area contributed by atoms with E-state index in [1.165, 1.54) is 4.90 Å². The molecule has 0 bridgehead atoms. The Morgan fingerprint density at radius 3 is 2.19 bits per heavy atom. The van der Waals surface area contributed by atoms with Crippen molar-refractivity contribution < 1.29 is 14.4 Å². The van der Waals surface area contributed by atoms with Gasteiger partial charge in [0.1, 0.15) is 5.41 Å². The van der Waals surface area contributed by atoms with E-state index in [4.69, 9.17) is 0 Å². The molecule has 4 amide bonds. The molecular formula is C16H24N2O3. The molecular weight excluding hydrogens is 268 g/mol. The first-order chi connectivity index (χ1) is 9.87. The summed E-state index contributed by atoms with van der Waals surface area (Å²) in [7, 11) is 0. The Morgan fingerprint density at radius 1 is 1.10 bits per heavy atom. The lowest BCUT2D eigenvalue weighted by Gasteiger charge is -2.39. The zero-order valence-electron chi connectivity index (χ0n) is 12.9. The quantitative estimate of drug-likeness (QED) is 0.795. The van der Waals surface area contributed by atoms with Gasteiger partial charge in [-0.15, -0.1) is 0 Å². The molecule has 1 atom stereocenters. The average Bonchev–Trinajstić information content (AvgIpc) is 3.09. The van der Waals surface area contributed by atoms with E-state index in [-0.39, 0.29) is 17.2 Å². The van der Waals surface area contributed by atoms with Gasteiger partial charge in [0.05, 0.1) is 0 Å². The molecule has 1 unspecified atom stereocenters. The number of hydrogen-bond acceptors (Lipinski definition) is 3. The van der Waals surface area contributed by atoms with Crippen molar-refractivity contribution in [1.82, 2.24) is 10.2 Å². The summed E-state index contributed by atoms with van der Waals surface area (Å²) < 4.78 is 0. The predicted molar refractivity (Wildman–Crippen MR) is 77.3 cm³/mol. The van der Waals surface area contributed by atoms with Crippen molar-refractivity contribution in [2.75, 3.05) is 6.54 Å². The SMILES string of the molecule is CC1(C)CC1CN1C(=O)NC(=O)C2(CCCCCC2)C1=O. The van der Waals surface area contributed by atoms with Crippen LogP contribution in [0, 0.1) is 16.7 Å². The lowest BCUT2D eigenvalue weighted by molar-refractivity contribution is -0.152. The molecule has 5 heteroatoms. The van der Waals surface area contributed by atoms with Crippen LogP contribution in [0.5, 0.6) is 0 Å². The Morgan fingerprint density at radius 2 is 1.67 bits per heavy atom. The summed E-state index contributed by atoms with van der Waals surface area (Å²) in [6.07, 6.45) is 6.08. The van der Waals surface area contributed by atoms with E-state index in [0.29, 0.717) is 25.3 Å². The lowest BCUT2D eigenvalue weighted by atomic mass is 9.77. The van der Waals surface area contributed by atoms with Crippen molar-refractivity contribution in [3.63, 3.8) is 0 Å². The minimum atomic E-state index is -0.983. The molecule has 5 nitrogen and oxygen atoms in total. The number of urea groups is 1. The highest BCUT2D eigenvalue weighted by Gasteiger charge is 2.56. The summed E-state index contributed by atoms with van der Waals surface area (Å²) in [5, 5.41) is 2.44. The van der Waals surface area contributed by atoms with Crippen LogP contribution in [0.3, 0.4) is 0 Å². The molecule has 0 aromatic rings. The minimum absolute atomic E-state index is 0.207. The highest BCUT2D eigenvalue weighted by molar-refractivity contribution is 6.19. The third-order valence-corrected chi connectivity index (χ3v) is 5.63. The van der Waals surface area contributed by atoms with Crippen LogP contribution in [-0.4, -0.2) is 29.3 Å². The topological polar surface area (TPSA) is 66.5 Å². The Labute approximate surface area is 125 Å². The number of imide groups is 2.